The van der Waals surface area contributed by atoms with Crippen LogP contribution in [0.25, 0.3) is 0 Å². The normalized spacial score (nSPS) is 13.9. The van der Waals surface area contributed by atoms with Gasteiger partial charge in [-0.2, -0.15) is 0 Å². The van der Waals surface area contributed by atoms with E-state index in [9.17, 15) is 28.4 Å². The number of rotatable bonds is 7. The van der Waals surface area contributed by atoms with Crippen LogP contribution in [0.3, 0.4) is 0 Å². The summed E-state index contributed by atoms with van der Waals surface area (Å²) >= 11 is 0. The third-order valence-corrected chi connectivity index (χ3v) is 5.58. The number of nitro benzene ring substituents is 1. The molecule has 0 saturated heterocycles. The Balaban J connectivity index is 1.66. The van der Waals surface area contributed by atoms with E-state index in [1.165, 1.54) is 36.4 Å². The zero-order valence-electron chi connectivity index (χ0n) is 14.1. The molecule has 2 aromatic carbocycles. The molecule has 0 radical (unpaired) electrons. The third kappa shape index (κ3) is 4.60. The number of carbonyl (C=O) groups is 1. The maximum Gasteiger partial charge on any atom is 0.270 e. The molecule has 0 unspecified atom stereocenters. The Morgan fingerprint density at radius 2 is 1.85 bits per heavy atom. The average molecular weight is 391 g/mol. The van der Waals surface area contributed by atoms with Gasteiger partial charge < -0.3 is 10.4 Å². The number of phenolic OH excluding ortho intramolecular Hbond substituents is 1. The molecule has 0 bridgehead atoms. The molecule has 0 heterocycles. The number of benzene rings is 2. The molecule has 0 aliphatic heterocycles. The lowest BCUT2D eigenvalue weighted by atomic mass is 10.1. The van der Waals surface area contributed by atoms with Crippen LogP contribution in [0.4, 0.5) is 5.69 Å². The molecule has 2 aromatic rings. The number of aromatic hydroxyl groups is 1. The summed E-state index contributed by atoms with van der Waals surface area (Å²) in [6, 6.07) is 8.94. The highest BCUT2D eigenvalue weighted by atomic mass is 32.2. The molecule has 0 aromatic heterocycles. The zero-order valence-corrected chi connectivity index (χ0v) is 14.9. The Bertz CT molecular complexity index is 984. The fraction of sp³-hybridized carbons (Fsp3) is 0.235. The number of hydrogen-bond donors (Lipinski definition) is 3. The number of nitrogens with zero attached hydrogens (tertiary/aromatic N) is 1. The van der Waals surface area contributed by atoms with Gasteiger partial charge in [0.25, 0.3) is 11.6 Å². The van der Waals surface area contributed by atoms with Crippen LogP contribution in [-0.2, 0) is 16.6 Å². The number of hydrogen-bond acceptors (Lipinski definition) is 6. The highest BCUT2D eigenvalue weighted by Crippen LogP contribution is 2.23. The second-order valence-corrected chi connectivity index (χ2v) is 7.89. The van der Waals surface area contributed by atoms with Crippen LogP contribution in [0, 0.1) is 10.1 Å². The lowest BCUT2D eigenvalue weighted by Gasteiger charge is -2.09. The standard InChI is InChI=1S/C17H17N3O6S/c21-16-8-5-14(20(23)24)9-12(16)10-18-17(22)11-1-6-15(7-2-11)27(25,26)19-13-3-4-13/h1-2,5-9,13,19,21H,3-4,10H2,(H,18,22). The lowest BCUT2D eigenvalue weighted by Crippen LogP contribution is -2.26. The molecule has 1 aliphatic carbocycles. The fourth-order valence-electron chi connectivity index (χ4n) is 2.38. The third-order valence-electron chi connectivity index (χ3n) is 4.04. The van der Waals surface area contributed by atoms with Gasteiger partial charge in [0.15, 0.2) is 0 Å². The van der Waals surface area contributed by atoms with Gasteiger partial charge in [-0.15, -0.1) is 0 Å². The molecule has 9 nitrogen and oxygen atoms in total. The van der Waals surface area contributed by atoms with Crippen LogP contribution in [0.15, 0.2) is 47.4 Å². The summed E-state index contributed by atoms with van der Waals surface area (Å²) in [5, 5.41) is 23.1. The quantitative estimate of drug-likeness (QED) is 0.485. The number of carbonyl (C=O) groups excluding carboxylic acids is 1. The summed E-state index contributed by atoms with van der Waals surface area (Å²) in [7, 11) is -3.59. The van der Waals surface area contributed by atoms with Crippen LogP contribution in [0.5, 0.6) is 5.75 Å². The van der Waals surface area contributed by atoms with Crippen molar-refractivity contribution in [3.05, 3.63) is 63.7 Å². The molecule has 1 aliphatic rings. The van der Waals surface area contributed by atoms with E-state index >= 15 is 0 Å². The van der Waals surface area contributed by atoms with Gasteiger partial charge in [0, 0.05) is 35.8 Å². The first-order valence-corrected chi connectivity index (χ1v) is 9.61. The number of amides is 1. The van der Waals surface area contributed by atoms with E-state index in [0.717, 1.165) is 18.9 Å². The van der Waals surface area contributed by atoms with Crippen LogP contribution >= 0.6 is 0 Å². The second-order valence-electron chi connectivity index (χ2n) is 6.17. The van der Waals surface area contributed by atoms with Crippen molar-refractivity contribution in [1.82, 2.24) is 10.0 Å². The molecule has 3 rings (SSSR count). The van der Waals surface area contributed by atoms with Crippen LogP contribution in [-0.4, -0.2) is 30.4 Å². The van der Waals surface area contributed by atoms with E-state index < -0.39 is 20.9 Å². The average Bonchev–Trinajstić information content (AvgIpc) is 3.44. The van der Waals surface area contributed by atoms with Crippen molar-refractivity contribution in [2.75, 3.05) is 0 Å². The van der Waals surface area contributed by atoms with E-state index in [1.54, 1.807) is 0 Å². The molecular formula is C17H17N3O6S. The SMILES string of the molecule is O=C(NCc1cc([N+](=O)[O-])ccc1O)c1ccc(S(=O)(=O)NC2CC2)cc1. The number of phenols is 1. The molecule has 1 saturated carbocycles. The van der Waals surface area contributed by atoms with Gasteiger partial charge >= 0.3 is 0 Å². The smallest absolute Gasteiger partial charge is 0.270 e. The minimum Gasteiger partial charge on any atom is -0.508 e. The molecule has 27 heavy (non-hydrogen) atoms. The predicted molar refractivity (Wildman–Crippen MR) is 95.7 cm³/mol. The van der Waals surface area contributed by atoms with Gasteiger partial charge in [-0.05, 0) is 43.2 Å². The van der Waals surface area contributed by atoms with Crippen molar-refractivity contribution in [2.24, 2.45) is 0 Å². The topological polar surface area (TPSA) is 139 Å². The Labute approximate surface area is 155 Å². The van der Waals surface area contributed by atoms with Crippen LogP contribution in [0.2, 0.25) is 0 Å². The van der Waals surface area contributed by atoms with Crippen molar-refractivity contribution in [2.45, 2.75) is 30.3 Å². The number of non-ortho nitro benzene ring substituents is 1. The number of sulfonamides is 1. The molecule has 0 spiro atoms. The first-order valence-electron chi connectivity index (χ1n) is 8.13. The van der Waals surface area contributed by atoms with Gasteiger partial charge in [-0.25, -0.2) is 13.1 Å². The summed E-state index contributed by atoms with van der Waals surface area (Å²) in [5.41, 5.74) is 0.227. The summed E-state index contributed by atoms with van der Waals surface area (Å²) < 4.78 is 26.8. The van der Waals surface area contributed by atoms with Crippen molar-refractivity contribution in [3.8, 4) is 5.75 Å². The molecule has 3 N–H and O–H groups in total. The summed E-state index contributed by atoms with van der Waals surface area (Å²) in [6.07, 6.45) is 1.65. The molecule has 1 amide bonds. The number of nitro groups is 1. The van der Waals surface area contributed by atoms with E-state index in [-0.39, 0.29) is 40.0 Å². The molecule has 142 valence electrons. The Kier molecular flexibility index (Phi) is 5.10. The predicted octanol–water partition coefficient (Wildman–Crippen LogP) is 1.67. The first-order chi connectivity index (χ1) is 12.8. The molecule has 10 heteroatoms. The van der Waals surface area contributed by atoms with E-state index in [0.29, 0.717) is 0 Å². The van der Waals surface area contributed by atoms with E-state index in [4.69, 9.17) is 0 Å². The highest BCUT2D eigenvalue weighted by Gasteiger charge is 2.28. The summed E-state index contributed by atoms with van der Waals surface area (Å²) in [5.74, 6) is -0.673. The minimum absolute atomic E-state index is 0.0134. The van der Waals surface area contributed by atoms with Crippen LogP contribution in [0.1, 0.15) is 28.8 Å². The van der Waals surface area contributed by atoms with Gasteiger partial charge in [-0.1, -0.05) is 0 Å². The van der Waals surface area contributed by atoms with Crippen molar-refractivity contribution in [3.63, 3.8) is 0 Å². The Morgan fingerprint density at radius 1 is 1.19 bits per heavy atom. The summed E-state index contributed by atoms with van der Waals surface area (Å²) in [6.45, 7) is -0.115. The van der Waals surface area contributed by atoms with Crippen molar-refractivity contribution < 1.29 is 23.2 Å². The van der Waals surface area contributed by atoms with E-state index in [1.807, 2.05) is 0 Å². The van der Waals surface area contributed by atoms with Gasteiger partial charge in [-0.3, -0.25) is 14.9 Å². The van der Waals surface area contributed by atoms with Crippen molar-refractivity contribution in [1.29, 1.82) is 0 Å². The largest absolute Gasteiger partial charge is 0.508 e. The maximum absolute atomic E-state index is 12.2. The van der Waals surface area contributed by atoms with Gasteiger partial charge in [0.05, 0.1) is 9.82 Å². The number of nitrogens with one attached hydrogen (secondary N) is 2. The maximum atomic E-state index is 12.2. The van der Waals surface area contributed by atoms with Gasteiger partial charge in [0.2, 0.25) is 10.0 Å². The fourth-order valence-corrected chi connectivity index (χ4v) is 3.68. The Hall–Kier alpha value is -2.98. The van der Waals surface area contributed by atoms with Crippen molar-refractivity contribution >= 4 is 21.6 Å². The molecule has 0 atom stereocenters. The second kappa shape index (κ2) is 7.33. The highest BCUT2D eigenvalue weighted by molar-refractivity contribution is 7.89. The first kappa shape index (κ1) is 18.8. The lowest BCUT2D eigenvalue weighted by molar-refractivity contribution is -0.384. The summed E-state index contributed by atoms with van der Waals surface area (Å²) in [4.78, 5) is 22.5. The minimum atomic E-state index is -3.59. The van der Waals surface area contributed by atoms with Gasteiger partial charge in [0.1, 0.15) is 5.75 Å². The van der Waals surface area contributed by atoms with Crippen LogP contribution < -0.4 is 10.0 Å². The monoisotopic (exact) mass is 391 g/mol. The van der Waals surface area contributed by atoms with E-state index in [2.05, 4.69) is 10.0 Å². The molecule has 1 fully saturated rings. The molecular weight excluding hydrogens is 374 g/mol. The Morgan fingerprint density at radius 3 is 2.44 bits per heavy atom. The zero-order chi connectivity index (χ0) is 19.6.